The first-order chi connectivity index (χ1) is 14.2. The van der Waals surface area contributed by atoms with Gasteiger partial charge in [-0.1, -0.05) is 17.2 Å². The van der Waals surface area contributed by atoms with Gasteiger partial charge in [-0.15, -0.1) is 0 Å². The van der Waals surface area contributed by atoms with Crippen LogP contribution < -0.4 is 19.8 Å². The molecule has 1 aromatic heterocycles. The minimum absolute atomic E-state index is 0.0355. The molecule has 30 heavy (non-hydrogen) atoms. The standard InChI is InChI=1S/C24H30O6/c1-15(2)8-7-9-17(5)12-13-27-22-20-11-10-19(29-18(6)25)14-21(20)30-24(26)23(22)28-16(3)4/h8,10-12,14,16H,7,9,13H2,1-6H3. The smallest absolute Gasteiger partial charge is 0.383 e. The molecule has 0 atom stereocenters. The van der Waals surface area contributed by atoms with E-state index in [0.29, 0.717) is 17.7 Å². The monoisotopic (exact) mass is 414 g/mol. The van der Waals surface area contributed by atoms with Gasteiger partial charge in [0, 0.05) is 13.0 Å². The third kappa shape index (κ3) is 6.79. The molecule has 0 spiro atoms. The number of allylic oxidation sites excluding steroid dienone is 3. The molecule has 0 radical (unpaired) electrons. The fraction of sp³-hybridized carbons (Fsp3) is 0.417. The molecule has 1 aromatic carbocycles. The molecule has 1 heterocycles. The molecule has 0 amide bonds. The third-order valence-corrected chi connectivity index (χ3v) is 4.16. The van der Waals surface area contributed by atoms with Crippen LogP contribution in [0.5, 0.6) is 17.2 Å². The van der Waals surface area contributed by atoms with Gasteiger partial charge < -0.3 is 18.6 Å². The van der Waals surface area contributed by atoms with E-state index in [2.05, 4.69) is 26.8 Å². The van der Waals surface area contributed by atoms with Crippen LogP contribution in [-0.4, -0.2) is 18.7 Å². The van der Waals surface area contributed by atoms with Crippen molar-refractivity contribution in [2.75, 3.05) is 6.61 Å². The molecule has 0 unspecified atom stereocenters. The number of hydrogen-bond donors (Lipinski definition) is 0. The van der Waals surface area contributed by atoms with Crippen LogP contribution in [0.3, 0.4) is 0 Å². The zero-order chi connectivity index (χ0) is 22.3. The summed E-state index contributed by atoms with van der Waals surface area (Å²) in [5.41, 5.74) is 2.11. The van der Waals surface area contributed by atoms with Crippen LogP contribution in [0.1, 0.15) is 54.4 Å². The predicted molar refractivity (Wildman–Crippen MR) is 117 cm³/mol. The van der Waals surface area contributed by atoms with Crippen molar-refractivity contribution in [2.45, 2.75) is 60.5 Å². The fourth-order valence-electron chi connectivity index (χ4n) is 2.80. The molecule has 6 heteroatoms. The van der Waals surface area contributed by atoms with E-state index in [0.717, 1.165) is 12.8 Å². The third-order valence-electron chi connectivity index (χ3n) is 4.16. The van der Waals surface area contributed by atoms with Gasteiger partial charge in [-0.2, -0.15) is 0 Å². The fourth-order valence-corrected chi connectivity index (χ4v) is 2.80. The molecular formula is C24H30O6. The summed E-state index contributed by atoms with van der Waals surface area (Å²) in [6.07, 6.45) is 5.88. The van der Waals surface area contributed by atoms with Crippen LogP contribution in [0, 0.1) is 0 Å². The highest BCUT2D eigenvalue weighted by molar-refractivity contribution is 5.87. The molecule has 0 fully saturated rings. The summed E-state index contributed by atoms with van der Waals surface area (Å²) < 4.78 is 22.1. The second-order valence-corrected chi connectivity index (χ2v) is 7.65. The maximum absolute atomic E-state index is 12.5. The van der Waals surface area contributed by atoms with Crippen molar-refractivity contribution >= 4 is 16.9 Å². The highest BCUT2D eigenvalue weighted by atomic mass is 16.5. The Morgan fingerprint density at radius 3 is 2.47 bits per heavy atom. The Morgan fingerprint density at radius 2 is 1.83 bits per heavy atom. The lowest BCUT2D eigenvalue weighted by Gasteiger charge is -2.15. The molecule has 6 nitrogen and oxygen atoms in total. The Bertz CT molecular complexity index is 1010. The number of carbonyl (C=O) groups is 1. The summed E-state index contributed by atoms with van der Waals surface area (Å²) in [4.78, 5) is 23.7. The van der Waals surface area contributed by atoms with Gasteiger partial charge in [0.25, 0.3) is 0 Å². The zero-order valence-corrected chi connectivity index (χ0v) is 18.5. The molecule has 0 N–H and O–H groups in total. The summed E-state index contributed by atoms with van der Waals surface area (Å²) in [5.74, 6) is 0.185. The molecule has 0 bridgehead atoms. The lowest BCUT2D eigenvalue weighted by molar-refractivity contribution is -0.131. The highest BCUT2D eigenvalue weighted by Crippen LogP contribution is 2.35. The minimum atomic E-state index is -0.643. The molecule has 0 aliphatic heterocycles. The SMILES string of the molecule is CC(=O)Oc1ccc2c(OCC=C(C)CCC=C(C)C)c(OC(C)C)c(=O)oc2c1. The quantitative estimate of drug-likeness (QED) is 0.231. The van der Waals surface area contributed by atoms with Gasteiger partial charge in [0.05, 0.1) is 11.5 Å². The highest BCUT2D eigenvalue weighted by Gasteiger charge is 2.19. The van der Waals surface area contributed by atoms with E-state index < -0.39 is 11.6 Å². The summed E-state index contributed by atoms with van der Waals surface area (Å²) in [6.45, 7) is 11.5. The van der Waals surface area contributed by atoms with Crippen molar-refractivity contribution in [3.8, 4) is 17.2 Å². The first kappa shape index (κ1) is 23.3. The number of ether oxygens (including phenoxy) is 3. The molecule has 0 aliphatic carbocycles. The molecule has 2 aromatic rings. The Hall–Kier alpha value is -3.02. The van der Waals surface area contributed by atoms with Crippen LogP contribution in [0.25, 0.3) is 11.0 Å². The van der Waals surface area contributed by atoms with E-state index in [1.807, 2.05) is 19.9 Å². The molecule has 0 saturated heterocycles. The zero-order valence-electron chi connectivity index (χ0n) is 18.5. The summed E-state index contributed by atoms with van der Waals surface area (Å²) in [6, 6.07) is 4.80. The summed E-state index contributed by atoms with van der Waals surface area (Å²) >= 11 is 0. The molecular weight excluding hydrogens is 384 g/mol. The average Bonchev–Trinajstić information content (AvgIpc) is 2.62. The summed E-state index contributed by atoms with van der Waals surface area (Å²) in [5, 5.41) is 0.566. The van der Waals surface area contributed by atoms with Crippen molar-refractivity contribution in [3.05, 3.63) is 51.9 Å². The number of fused-ring (bicyclic) bond motifs is 1. The van der Waals surface area contributed by atoms with Crippen LogP contribution in [0.4, 0.5) is 0 Å². The van der Waals surface area contributed by atoms with Crippen molar-refractivity contribution < 1.29 is 23.4 Å². The predicted octanol–water partition coefficient (Wildman–Crippen LogP) is 5.58. The lowest BCUT2D eigenvalue weighted by Crippen LogP contribution is -2.15. The average molecular weight is 414 g/mol. The van der Waals surface area contributed by atoms with E-state index in [1.54, 1.807) is 12.1 Å². The number of esters is 1. The van der Waals surface area contributed by atoms with E-state index in [4.69, 9.17) is 18.6 Å². The van der Waals surface area contributed by atoms with Gasteiger partial charge in [0.1, 0.15) is 17.9 Å². The minimum Gasteiger partial charge on any atom is -0.485 e. The van der Waals surface area contributed by atoms with Crippen LogP contribution in [0.15, 0.2) is 50.7 Å². The Morgan fingerprint density at radius 1 is 1.10 bits per heavy atom. The van der Waals surface area contributed by atoms with Gasteiger partial charge in [-0.3, -0.25) is 4.79 Å². The topological polar surface area (TPSA) is 75.0 Å². The van der Waals surface area contributed by atoms with Crippen LogP contribution >= 0.6 is 0 Å². The second-order valence-electron chi connectivity index (χ2n) is 7.65. The molecule has 2 rings (SSSR count). The molecule has 0 saturated carbocycles. The van der Waals surface area contributed by atoms with Crippen LogP contribution in [-0.2, 0) is 4.79 Å². The second kappa shape index (κ2) is 10.7. The lowest BCUT2D eigenvalue weighted by atomic mass is 10.1. The van der Waals surface area contributed by atoms with Crippen molar-refractivity contribution in [2.24, 2.45) is 0 Å². The first-order valence-corrected chi connectivity index (χ1v) is 10.0. The van der Waals surface area contributed by atoms with E-state index >= 15 is 0 Å². The summed E-state index contributed by atoms with van der Waals surface area (Å²) in [7, 11) is 0. The van der Waals surface area contributed by atoms with E-state index in [1.165, 1.54) is 24.1 Å². The Balaban J connectivity index is 2.35. The van der Waals surface area contributed by atoms with Crippen LogP contribution in [0.2, 0.25) is 0 Å². The van der Waals surface area contributed by atoms with Gasteiger partial charge in [-0.25, -0.2) is 4.79 Å². The molecule has 0 aliphatic rings. The van der Waals surface area contributed by atoms with Gasteiger partial charge in [-0.05, 0) is 65.7 Å². The normalized spacial score (nSPS) is 11.5. The Kier molecular flexibility index (Phi) is 8.27. The first-order valence-electron chi connectivity index (χ1n) is 10.0. The van der Waals surface area contributed by atoms with Gasteiger partial charge >= 0.3 is 11.6 Å². The Labute approximate surface area is 177 Å². The van der Waals surface area contributed by atoms with Crippen molar-refractivity contribution in [1.82, 2.24) is 0 Å². The van der Waals surface area contributed by atoms with Gasteiger partial charge in [0.2, 0.25) is 5.75 Å². The van der Waals surface area contributed by atoms with E-state index in [-0.39, 0.29) is 23.2 Å². The number of benzene rings is 1. The number of rotatable bonds is 9. The van der Waals surface area contributed by atoms with Gasteiger partial charge in [0.15, 0.2) is 5.75 Å². The molecule has 162 valence electrons. The number of hydrogen-bond acceptors (Lipinski definition) is 6. The van der Waals surface area contributed by atoms with Crippen molar-refractivity contribution in [3.63, 3.8) is 0 Å². The maximum atomic E-state index is 12.5. The van der Waals surface area contributed by atoms with Crippen molar-refractivity contribution in [1.29, 1.82) is 0 Å². The largest absolute Gasteiger partial charge is 0.485 e. The number of carbonyl (C=O) groups excluding carboxylic acids is 1. The van der Waals surface area contributed by atoms with E-state index in [9.17, 15) is 9.59 Å². The maximum Gasteiger partial charge on any atom is 0.383 e.